The van der Waals surface area contributed by atoms with Crippen LogP contribution in [0.1, 0.15) is 18.4 Å². The van der Waals surface area contributed by atoms with Gasteiger partial charge >= 0.3 is 0 Å². The van der Waals surface area contributed by atoms with E-state index in [2.05, 4.69) is 13.0 Å². The number of aldehydes is 1. The van der Waals surface area contributed by atoms with E-state index in [4.69, 9.17) is 0 Å². The Morgan fingerprint density at radius 2 is 2.00 bits per heavy atom. The molecule has 0 amide bonds. The van der Waals surface area contributed by atoms with Crippen molar-refractivity contribution < 1.29 is 4.79 Å². The van der Waals surface area contributed by atoms with E-state index in [1.165, 1.54) is 0 Å². The van der Waals surface area contributed by atoms with Crippen molar-refractivity contribution in [2.45, 2.75) is 12.8 Å². The third kappa shape index (κ3) is 3.56. The quantitative estimate of drug-likeness (QED) is 0.647. The molecule has 73 valence electrons. The largest absolute Gasteiger partial charge is 0.303 e. The Balaban J connectivity index is 2.57. The highest BCUT2D eigenvalue weighted by Gasteiger charge is 1.99. The van der Waals surface area contributed by atoms with Gasteiger partial charge in [0.15, 0.2) is 0 Å². The van der Waals surface area contributed by atoms with Crippen molar-refractivity contribution in [2.75, 3.05) is 0 Å². The van der Waals surface area contributed by atoms with E-state index in [1.807, 2.05) is 36.4 Å². The lowest BCUT2D eigenvalue weighted by molar-refractivity contribution is -0.108. The molecule has 0 aliphatic heterocycles. The first-order valence-electron chi connectivity index (χ1n) is 4.83. The summed E-state index contributed by atoms with van der Waals surface area (Å²) in [6.07, 6.45) is 6.37. The zero-order chi connectivity index (χ0) is 10.2. The van der Waals surface area contributed by atoms with Crippen LogP contribution >= 0.6 is 0 Å². The van der Waals surface area contributed by atoms with Gasteiger partial charge in [-0.15, -0.1) is 0 Å². The summed E-state index contributed by atoms with van der Waals surface area (Å²) in [6.45, 7) is 3.81. The number of hydrogen-bond donors (Lipinski definition) is 0. The minimum atomic E-state index is 0.271. The molecular weight excluding hydrogens is 172 g/mol. The number of benzene rings is 1. The van der Waals surface area contributed by atoms with Crippen LogP contribution < -0.4 is 0 Å². The van der Waals surface area contributed by atoms with E-state index in [0.29, 0.717) is 6.42 Å². The zero-order valence-electron chi connectivity index (χ0n) is 8.23. The minimum absolute atomic E-state index is 0.271. The van der Waals surface area contributed by atoms with E-state index in [1.54, 1.807) is 0 Å². The fourth-order valence-electron chi connectivity index (χ4n) is 1.23. The van der Waals surface area contributed by atoms with Crippen LogP contribution in [-0.2, 0) is 4.79 Å². The maximum atomic E-state index is 10.3. The third-order valence-electron chi connectivity index (χ3n) is 2.13. The Labute approximate surface area is 85.5 Å². The lowest BCUT2D eigenvalue weighted by Gasteiger charge is -2.03. The Hall–Kier alpha value is -1.37. The third-order valence-corrected chi connectivity index (χ3v) is 2.13. The Bertz CT molecular complexity index is 287. The molecule has 0 N–H and O–H groups in total. The Kier molecular flexibility index (Phi) is 4.70. The summed E-state index contributed by atoms with van der Waals surface area (Å²) in [4.78, 5) is 10.3. The molecule has 1 nitrogen and oxygen atoms in total. The number of carbonyl (C=O) groups is 1. The molecule has 1 radical (unpaired) electrons. The summed E-state index contributed by atoms with van der Waals surface area (Å²) < 4.78 is 0. The van der Waals surface area contributed by atoms with Crippen molar-refractivity contribution >= 4 is 12.4 Å². The number of rotatable bonds is 5. The summed E-state index contributed by atoms with van der Waals surface area (Å²) in [6, 6.07) is 10.1. The summed E-state index contributed by atoms with van der Waals surface area (Å²) >= 11 is 0. The molecule has 0 heterocycles. The molecule has 0 saturated heterocycles. The average molecular weight is 187 g/mol. The normalized spacial score (nSPS) is 12.9. The number of carbonyl (C=O) groups excluding carboxylic acids is 1. The SMILES string of the molecule is [CH2]CC(C=Cc1ccccc1)CC=O. The summed E-state index contributed by atoms with van der Waals surface area (Å²) in [5.41, 5.74) is 1.16. The first-order chi connectivity index (χ1) is 6.86. The van der Waals surface area contributed by atoms with E-state index in [0.717, 1.165) is 18.3 Å². The molecule has 1 atom stereocenters. The molecule has 0 aliphatic carbocycles. The van der Waals surface area contributed by atoms with Crippen molar-refractivity contribution in [3.63, 3.8) is 0 Å². The van der Waals surface area contributed by atoms with Gasteiger partial charge in [-0.2, -0.15) is 0 Å². The predicted molar refractivity (Wildman–Crippen MR) is 59.6 cm³/mol. The van der Waals surface area contributed by atoms with E-state index in [9.17, 15) is 4.79 Å². The summed E-state index contributed by atoms with van der Waals surface area (Å²) in [7, 11) is 0. The lowest BCUT2D eigenvalue weighted by Crippen LogP contribution is -1.94. The summed E-state index contributed by atoms with van der Waals surface area (Å²) in [5, 5.41) is 0. The van der Waals surface area contributed by atoms with Gasteiger partial charge in [-0.1, -0.05) is 49.4 Å². The van der Waals surface area contributed by atoms with Gasteiger partial charge in [0.2, 0.25) is 0 Å². The van der Waals surface area contributed by atoms with Gasteiger partial charge in [-0.25, -0.2) is 0 Å². The van der Waals surface area contributed by atoms with Gasteiger partial charge in [0, 0.05) is 6.42 Å². The van der Waals surface area contributed by atoms with E-state index < -0.39 is 0 Å². The van der Waals surface area contributed by atoms with Gasteiger partial charge in [0.25, 0.3) is 0 Å². The van der Waals surface area contributed by atoms with Crippen LogP contribution in [0.2, 0.25) is 0 Å². The maximum absolute atomic E-state index is 10.3. The van der Waals surface area contributed by atoms with Crippen LogP contribution in [0.3, 0.4) is 0 Å². The van der Waals surface area contributed by atoms with Gasteiger partial charge in [-0.05, 0) is 17.9 Å². The fraction of sp³-hybridized carbons (Fsp3) is 0.231. The van der Waals surface area contributed by atoms with Crippen LogP contribution in [0.5, 0.6) is 0 Å². The number of allylic oxidation sites excluding steroid dienone is 1. The molecule has 1 rings (SSSR count). The minimum Gasteiger partial charge on any atom is -0.303 e. The van der Waals surface area contributed by atoms with Gasteiger partial charge in [0.05, 0.1) is 0 Å². The van der Waals surface area contributed by atoms with Crippen molar-refractivity contribution in [3.05, 3.63) is 48.9 Å². The average Bonchev–Trinajstić information content (AvgIpc) is 2.25. The molecule has 14 heavy (non-hydrogen) atoms. The highest BCUT2D eigenvalue weighted by atomic mass is 16.1. The molecule has 1 aromatic carbocycles. The fourth-order valence-corrected chi connectivity index (χ4v) is 1.23. The van der Waals surface area contributed by atoms with Crippen LogP contribution in [0.15, 0.2) is 36.4 Å². The second-order valence-corrected chi connectivity index (χ2v) is 3.22. The molecule has 1 heteroatoms. The number of hydrogen-bond acceptors (Lipinski definition) is 1. The van der Waals surface area contributed by atoms with Crippen molar-refractivity contribution in [3.8, 4) is 0 Å². The Morgan fingerprint density at radius 1 is 1.29 bits per heavy atom. The molecule has 0 saturated carbocycles. The van der Waals surface area contributed by atoms with Crippen molar-refractivity contribution in [1.82, 2.24) is 0 Å². The molecule has 0 aromatic heterocycles. The second kappa shape index (κ2) is 6.14. The maximum Gasteiger partial charge on any atom is 0.120 e. The molecule has 1 unspecified atom stereocenters. The molecule has 1 aromatic rings. The Morgan fingerprint density at radius 3 is 2.57 bits per heavy atom. The first-order valence-corrected chi connectivity index (χ1v) is 4.83. The zero-order valence-corrected chi connectivity index (χ0v) is 8.23. The second-order valence-electron chi connectivity index (χ2n) is 3.22. The standard InChI is InChI=1S/C13H15O/c1-2-12(10-11-14)8-9-13-6-4-3-5-7-13/h3-9,11-12H,1-2,10H2. The van der Waals surface area contributed by atoms with Crippen molar-refractivity contribution in [2.24, 2.45) is 5.92 Å². The highest BCUT2D eigenvalue weighted by Crippen LogP contribution is 2.11. The van der Waals surface area contributed by atoms with Crippen LogP contribution in [0.4, 0.5) is 0 Å². The highest BCUT2D eigenvalue weighted by molar-refractivity contribution is 5.53. The van der Waals surface area contributed by atoms with E-state index >= 15 is 0 Å². The monoisotopic (exact) mass is 187 g/mol. The first kappa shape index (κ1) is 10.7. The van der Waals surface area contributed by atoms with Gasteiger partial charge < -0.3 is 4.79 Å². The van der Waals surface area contributed by atoms with Gasteiger partial charge in [0.1, 0.15) is 6.29 Å². The molecular formula is C13H15O. The smallest absolute Gasteiger partial charge is 0.120 e. The lowest BCUT2D eigenvalue weighted by atomic mass is 10.0. The molecule has 0 fully saturated rings. The molecule has 0 bridgehead atoms. The van der Waals surface area contributed by atoms with Crippen LogP contribution in [0.25, 0.3) is 6.08 Å². The molecule has 0 aliphatic rings. The van der Waals surface area contributed by atoms with Gasteiger partial charge in [-0.3, -0.25) is 0 Å². The summed E-state index contributed by atoms with van der Waals surface area (Å²) in [5.74, 6) is 0.271. The van der Waals surface area contributed by atoms with Crippen molar-refractivity contribution in [1.29, 1.82) is 0 Å². The predicted octanol–water partition coefficient (Wildman–Crippen LogP) is 3.13. The van der Waals surface area contributed by atoms with Crippen LogP contribution in [0, 0.1) is 12.8 Å². The topological polar surface area (TPSA) is 17.1 Å². The molecule has 0 spiro atoms. The van der Waals surface area contributed by atoms with Crippen LogP contribution in [-0.4, -0.2) is 6.29 Å². The van der Waals surface area contributed by atoms with E-state index in [-0.39, 0.29) is 5.92 Å².